The highest BCUT2D eigenvalue weighted by Crippen LogP contribution is 2.31. The van der Waals surface area contributed by atoms with Crippen molar-refractivity contribution in [2.24, 2.45) is 23.2 Å². The van der Waals surface area contributed by atoms with Gasteiger partial charge in [-0.15, -0.1) is 0 Å². The van der Waals surface area contributed by atoms with Gasteiger partial charge in [0.25, 0.3) is 0 Å². The molecule has 0 aromatic rings. The molecule has 2 aliphatic heterocycles. The Morgan fingerprint density at radius 3 is 2.67 bits per heavy atom. The molecule has 18 heavy (non-hydrogen) atoms. The lowest BCUT2D eigenvalue weighted by Crippen LogP contribution is -2.44. The molecule has 3 unspecified atom stereocenters. The Morgan fingerprint density at radius 2 is 2.00 bits per heavy atom. The Kier molecular flexibility index (Phi) is 4.00. The van der Waals surface area contributed by atoms with Gasteiger partial charge in [-0.2, -0.15) is 0 Å². The first-order chi connectivity index (χ1) is 8.38. The van der Waals surface area contributed by atoms with E-state index in [-0.39, 0.29) is 5.41 Å². The molecule has 0 radical (unpaired) electrons. The lowest BCUT2D eigenvalue weighted by atomic mass is 9.79. The number of fused-ring (bicyclic) bond motifs is 1. The van der Waals surface area contributed by atoms with Crippen LogP contribution in [0.2, 0.25) is 0 Å². The molecule has 0 bridgehead atoms. The van der Waals surface area contributed by atoms with Crippen molar-refractivity contribution < 1.29 is 4.79 Å². The molecule has 3 atom stereocenters. The van der Waals surface area contributed by atoms with Crippen LogP contribution in [0.15, 0.2) is 0 Å². The van der Waals surface area contributed by atoms with Gasteiger partial charge in [-0.25, -0.2) is 0 Å². The maximum atomic E-state index is 12.3. The standard InChI is InChI=1S/C15H28N2O/c1-11(15(2,3)4)7-14(18)17-6-5-12-8-16-9-13(12)10-17/h11-13,16H,5-10H2,1-4H3. The first-order valence-electron chi connectivity index (χ1n) is 7.36. The number of nitrogens with one attached hydrogen (secondary N) is 1. The van der Waals surface area contributed by atoms with E-state index >= 15 is 0 Å². The molecule has 3 nitrogen and oxygen atoms in total. The van der Waals surface area contributed by atoms with Gasteiger partial charge in [0.15, 0.2) is 0 Å². The minimum Gasteiger partial charge on any atom is -0.342 e. The van der Waals surface area contributed by atoms with Crippen molar-refractivity contribution in [2.45, 2.75) is 40.5 Å². The van der Waals surface area contributed by atoms with E-state index in [4.69, 9.17) is 0 Å². The average molecular weight is 252 g/mol. The molecule has 1 N–H and O–H groups in total. The lowest BCUT2D eigenvalue weighted by molar-refractivity contribution is -0.135. The van der Waals surface area contributed by atoms with Crippen LogP contribution in [0, 0.1) is 23.2 Å². The Balaban J connectivity index is 1.86. The molecule has 2 rings (SSSR count). The number of likely N-dealkylation sites (tertiary alicyclic amines) is 1. The topological polar surface area (TPSA) is 32.3 Å². The number of rotatable bonds is 2. The van der Waals surface area contributed by atoms with Gasteiger partial charge in [-0.1, -0.05) is 27.7 Å². The molecule has 0 spiro atoms. The number of hydrogen-bond donors (Lipinski definition) is 1. The van der Waals surface area contributed by atoms with Crippen molar-refractivity contribution >= 4 is 5.91 Å². The van der Waals surface area contributed by atoms with Gasteiger partial charge >= 0.3 is 0 Å². The summed E-state index contributed by atoms with van der Waals surface area (Å²) in [7, 11) is 0. The van der Waals surface area contributed by atoms with Gasteiger partial charge in [0.2, 0.25) is 5.91 Å². The normalized spacial score (nSPS) is 30.1. The summed E-state index contributed by atoms with van der Waals surface area (Å²) in [6.45, 7) is 13.1. The second kappa shape index (κ2) is 5.20. The quantitative estimate of drug-likeness (QED) is 0.816. The molecule has 0 aromatic heterocycles. The molecular weight excluding hydrogens is 224 g/mol. The van der Waals surface area contributed by atoms with E-state index in [0.29, 0.717) is 24.2 Å². The van der Waals surface area contributed by atoms with E-state index in [1.807, 2.05) is 0 Å². The predicted octanol–water partition coefficient (Wildman–Crippen LogP) is 2.13. The van der Waals surface area contributed by atoms with E-state index in [1.165, 1.54) is 6.42 Å². The summed E-state index contributed by atoms with van der Waals surface area (Å²) in [5.74, 6) is 2.33. The number of nitrogens with zero attached hydrogens (tertiary/aromatic N) is 1. The highest BCUT2D eigenvalue weighted by molar-refractivity contribution is 5.76. The maximum absolute atomic E-state index is 12.3. The predicted molar refractivity (Wildman–Crippen MR) is 74.3 cm³/mol. The van der Waals surface area contributed by atoms with Crippen molar-refractivity contribution in [1.29, 1.82) is 0 Å². The Hall–Kier alpha value is -0.570. The van der Waals surface area contributed by atoms with Crippen LogP contribution in [-0.2, 0) is 4.79 Å². The molecule has 1 amide bonds. The summed E-state index contributed by atoms with van der Waals surface area (Å²) in [6, 6.07) is 0. The zero-order chi connectivity index (χ0) is 13.3. The molecular formula is C15H28N2O. The zero-order valence-electron chi connectivity index (χ0n) is 12.3. The van der Waals surface area contributed by atoms with Gasteiger partial charge in [-0.3, -0.25) is 4.79 Å². The molecule has 0 aromatic carbocycles. The molecule has 2 fully saturated rings. The SMILES string of the molecule is CC(CC(=O)N1CCC2CNCC2C1)C(C)(C)C. The van der Waals surface area contributed by atoms with Crippen LogP contribution in [0.3, 0.4) is 0 Å². The summed E-state index contributed by atoms with van der Waals surface area (Å²) in [4.78, 5) is 14.5. The van der Waals surface area contributed by atoms with E-state index < -0.39 is 0 Å². The second-order valence-corrected chi connectivity index (χ2v) is 7.28. The van der Waals surface area contributed by atoms with Crippen LogP contribution in [-0.4, -0.2) is 37.0 Å². The van der Waals surface area contributed by atoms with Gasteiger partial charge in [0.1, 0.15) is 0 Å². The van der Waals surface area contributed by atoms with E-state index in [2.05, 4.69) is 37.9 Å². The van der Waals surface area contributed by atoms with Crippen molar-refractivity contribution in [1.82, 2.24) is 10.2 Å². The third kappa shape index (κ3) is 3.05. The fourth-order valence-corrected chi connectivity index (χ4v) is 2.96. The number of carbonyl (C=O) groups is 1. The van der Waals surface area contributed by atoms with Crippen molar-refractivity contribution in [3.63, 3.8) is 0 Å². The Bertz CT molecular complexity index is 308. The third-order valence-corrected chi connectivity index (χ3v) is 5.02. The minimum atomic E-state index is 0.225. The van der Waals surface area contributed by atoms with Gasteiger partial charge < -0.3 is 10.2 Å². The number of piperidine rings is 1. The lowest BCUT2D eigenvalue weighted by Gasteiger charge is -2.36. The summed E-state index contributed by atoms with van der Waals surface area (Å²) in [5.41, 5.74) is 0.225. The molecule has 2 saturated heterocycles. The fourth-order valence-electron chi connectivity index (χ4n) is 2.96. The molecule has 3 heteroatoms. The van der Waals surface area contributed by atoms with E-state index in [9.17, 15) is 4.79 Å². The van der Waals surface area contributed by atoms with Crippen LogP contribution in [0.1, 0.15) is 40.5 Å². The van der Waals surface area contributed by atoms with Gasteiger partial charge in [0, 0.05) is 19.5 Å². The van der Waals surface area contributed by atoms with Crippen LogP contribution >= 0.6 is 0 Å². The fraction of sp³-hybridized carbons (Fsp3) is 0.933. The zero-order valence-corrected chi connectivity index (χ0v) is 12.3. The molecule has 2 aliphatic rings. The summed E-state index contributed by atoms with van der Waals surface area (Å²) in [5, 5.41) is 3.45. The second-order valence-electron chi connectivity index (χ2n) is 7.28. The highest BCUT2D eigenvalue weighted by Gasteiger charge is 2.35. The smallest absolute Gasteiger partial charge is 0.222 e. The van der Waals surface area contributed by atoms with Crippen molar-refractivity contribution in [2.75, 3.05) is 26.2 Å². The van der Waals surface area contributed by atoms with Crippen LogP contribution in [0.5, 0.6) is 0 Å². The molecule has 0 aliphatic carbocycles. The molecule has 0 saturated carbocycles. The largest absolute Gasteiger partial charge is 0.342 e. The van der Waals surface area contributed by atoms with E-state index in [0.717, 1.165) is 32.1 Å². The van der Waals surface area contributed by atoms with E-state index in [1.54, 1.807) is 0 Å². The molecule has 104 valence electrons. The van der Waals surface area contributed by atoms with Crippen molar-refractivity contribution in [3.05, 3.63) is 0 Å². The average Bonchev–Trinajstić information content (AvgIpc) is 2.74. The van der Waals surface area contributed by atoms with Crippen LogP contribution < -0.4 is 5.32 Å². The summed E-state index contributed by atoms with van der Waals surface area (Å²) >= 11 is 0. The Morgan fingerprint density at radius 1 is 1.33 bits per heavy atom. The summed E-state index contributed by atoms with van der Waals surface area (Å²) < 4.78 is 0. The maximum Gasteiger partial charge on any atom is 0.222 e. The summed E-state index contributed by atoms with van der Waals surface area (Å²) in [6.07, 6.45) is 1.89. The van der Waals surface area contributed by atoms with Crippen LogP contribution in [0.25, 0.3) is 0 Å². The van der Waals surface area contributed by atoms with Crippen LogP contribution in [0.4, 0.5) is 0 Å². The Labute approximate surface area is 111 Å². The first-order valence-corrected chi connectivity index (χ1v) is 7.36. The van der Waals surface area contributed by atoms with Gasteiger partial charge in [-0.05, 0) is 42.7 Å². The third-order valence-electron chi connectivity index (χ3n) is 5.02. The number of carbonyl (C=O) groups excluding carboxylic acids is 1. The molecule has 2 heterocycles. The minimum absolute atomic E-state index is 0.225. The number of amides is 1. The monoisotopic (exact) mass is 252 g/mol. The highest BCUT2D eigenvalue weighted by atomic mass is 16.2. The number of hydrogen-bond acceptors (Lipinski definition) is 2. The van der Waals surface area contributed by atoms with Gasteiger partial charge in [0.05, 0.1) is 0 Å². The van der Waals surface area contributed by atoms with Crippen molar-refractivity contribution in [3.8, 4) is 0 Å². The first kappa shape index (κ1) is 13.9.